The standard InChI is InChI=1S/C30H27N5O3/c1-18-4-6-19(7-5-18)23-15-32-16-25(29(23)36)34-22-11-8-20(9-12-22)28-30(31)33-17-24(35-28)21-10-13-26(37-2)27(14-21)38-3/h4-17,34H,1-3H3,(H2,31,33)(H,32,36). The summed E-state index contributed by atoms with van der Waals surface area (Å²) < 4.78 is 10.7. The Morgan fingerprint density at radius 2 is 1.53 bits per heavy atom. The molecule has 5 rings (SSSR count). The van der Waals surface area contributed by atoms with Gasteiger partial charge in [-0.15, -0.1) is 0 Å². The quantitative estimate of drug-likeness (QED) is 0.255. The van der Waals surface area contributed by atoms with Gasteiger partial charge in [0, 0.05) is 34.8 Å². The highest BCUT2D eigenvalue weighted by atomic mass is 16.5. The Bertz CT molecular complexity index is 1640. The van der Waals surface area contributed by atoms with Crippen LogP contribution in [-0.2, 0) is 0 Å². The molecule has 0 atom stereocenters. The third-order valence-electron chi connectivity index (χ3n) is 6.22. The van der Waals surface area contributed by atoms with E-state index in [9.17, 15) is 4.79 Å². The molecule has 4 N–H and O–H groups in total. The number of nitrogens with zero attached hydrogens (tertiary/aromatic N) is 2. The molecule has 8 heteroatoms. The van der Waals surface area contributed by atoms with Crippen molar-refractivity contribution < 1.29 is 9.47 Å². The number of ether oxygens (including phenoxy) is 2. The molecular formula is C30H27N5O3. The van der Waals surface area contributed by atoms with Gasteiger partial charge in [-0.05, 0) is 42.8 Å². The van der Waals surface area contributed by atoms with Crippen molar-refractivity contribution in [2.45, 2.75) is 6.92 Å². The second kappa shape index (κ2) is 10.5. The second-order valence-electron chi connectivity index (χ2n) is 8.74. The Labute approximate surface area is 220 Å². The third kappa shape index (κ3) is 4.92. The maximum atomic E-state index is 13.1. The number of H-pyrrole nitrogens is 1. The molecule has 2 heterocycles. The van der Waals surface area contributed by atoms with Crippen LogP contribution >= 0.6 is 0 Å². The van der Waals surface area contributed by atoms with Gasteiger partial charge in [-0.3, -0.25) is 4.79 Å². The number of methoxy groups -OCH3 is 2. The van der Waals surface area contributed by atoms with Crippen LogP contribution in [0.3, 0.4) is 0 Å². The smallest absolute Gasteiger partial charge is 0.212 e. The Balaban J connectivity index is 1.41. The number of hydrogen-bond donors (Lipinski definition) is 3. The zero-order chi connectivity index (χ0) is 26.6. The van der Waals surface area contributed by atoms with Crippen molar-refractivity contribution in [1.29, 1.82) is 0 Å². The van der Waals surface area contributed by atoms with E-state index >= 15 is 0 Å². The van der Waals surface area contributed by atoms with Crippen LogP contribution in [0.15, 0.2) is 90.1 Å². The van der Waals surface area contributed by atoms with E-state index in [2.05, 4.69) is 15.3 Å². The molecule has 38 heavy (non-hydrogen) atoms. The predicted molar refractivity (Wildman–Crippen MR) is 151 cm³/mol. The zero-order valence-electron chi connectivity index (χ0n) is 21.3. The number of rotatable bonds is 7. The second-order valence-corrected chi connectivity index (χ2v) is 8.74. The number of aromatic amines is 1. The normalized spacial score (nSPS) is 10.7. The fourth-order valence-corrected chi connectivity index (χ4v) is 4.14. The molecule has 0 saturated carbocycles. The first-order valence-corrected chi connectivity index (χ1v) is 12.0. The molecule has 3 aromatic carbocycles. The molecule has 0 aliphatic carbocycles. The first kappa shape index (κ1) is 24.6. The minimum atomic E-state index is -0.0885. The highest BCUT2D eigenvalue weighted by molar-refractivity contribution is 5.76. The lowest BCUT2D eigenvalue weighted by Gasteiger charge is -2.12. The number of anilines is 3. The topological polar surface area (TPSA) is 115 Å². The summed E-state index contributed by atoms with van der Waals surface area (Å²) in [6.07, 6.45) is 5.00. The Morgan fingerprint density at radius 1 is 0.842 bits per heavy atom. The summed E-state index contributed by atoms with van der Waals surface area (Å²) in [4.78, 5) is 25.3. The molecule has 0 aliphatic heterocycles. The van der Waals surface area contributed by atoms with Gasteiger partial charge in [0.05, 0.1) is 26.1 Å². The Kier molecular flexibility index (Phi) is 6.78. The minimum absolute atomic E-state index is 0.0885. The molecule has 5 aromatic rings. The van der Waals surface area contributed by atoms with E-state index in [1.165, 1.54) is 0 Å². The van der Waals surface area contributed by atoms with Gasteiger partial charge in [0.15, 0.2) is 11.5 Å². The van der Waals surface area contributed by atoms with Gasteiger partial charge < -0.3 is 25.5 Å². The highest BCUT2D eigenvalue weighted by Gasteiger charge is 2.13. The van der Waals surface area contributed by atoms with Crippen molar-refractivity contribution in [3.8, 4) is 45.1 Å². The largest absolute Gasteiger partial charge is 0.493 e. The van der Waals surface area contributed by atoms with E-state index in [0.29, 0.717) is 40.0 Å². The Morgan fingerprint density at radius 3 is 2.24 bits per heavy atom. The summed E-state index contributed by atoms with van der Waals surface area (Å²) in [5.41, 5.74) is 12.7. The van der Waals surface area contributed by atoms with Crippen molar-refractivity contribution in [2.24, 2.45) is 0 Å². The van der Waals surface area contributed by atoms with E-state index in [4.69, 9.17) is 20.2 Å². The van der Waals surface area contributed by atoms with Gasteiger partial charge in [-0.1, -0.05) is 42.0 Å². The van der Waals surface area contributed by atoms with E-state index in [1.807, 2.05) is 73.7 Å². The van der Waals surface area contributed by atoms with Crippen LogP contribution < -0.4 is 26.0 Å². The maximum absolute atomic E-state index is 13.1. The lowest BCUT2D eigenvalue weighted by Crippen LogP contribution is -2.11. The molecule has 0 fully saturated rings. The summed E-state index contributed by atoms with van der Waals surface area (Å²) in [5, 5.41) is 3.21. The molecule has 0 unspecified atom stereocenters. The molecule has 2 aromatic heterocycles. The molecule has 0 bridgehead atoms. The summed E-state index contributed by atoms with van der Waals surface area (Å²) in [6, 6.07) is 20.9. The third-order valence-corrected chi connectivity index (χ3v) is 6.22. The van der Waals surface area contributed by atoms with E-state index in [1.54, 1.807) is 32.8 Å². The van der Waals surface area contributed by atoms with Crippen molar-refractivity contribution in [3.05, 3.63) is 101 Å². The van der Waals surface area contributed by atoms with Crippen molar-refractivity contribution in [2.75, 3.05) is 25.3 Å². The molecule has 0 aliphatic rings. The van der Waals surface area contributed by atoms with Crippen LogP contribution in [0.25, 0.3) is 33.6 Å². The van der Waals surface area contributed by atoms with E-state index in [0.717, 1.165) is 27.9 Å². The summed E-state index contributed by atoms with van der Waals surface area (Å²) >= 11 is 0. The monoisotopic (exact) mass is 505 g/mol. The maximum Gasteiger partial charge on any atom is 0.212 e. The van der Waals surface area contributed by atoms with Crippen LogP contribution in [0.5, 0.6) is 11.5 Å². The van der Waals surface area contributed by atoms with E-state index < -0.39 is 0 Å². The van der Waals surface area contributed by atoms with E-state index in [-0.39, 0.29) is 5.43 Å². The van der Waals surface area contributed by atoms with Gasteiger partial charge in [-0.2, -0.15) is 0 Å². The molecule has 190 valence electrons. The Hall–Kier alpha value is -5.11. The average molecular weight is 506 g/mol. The number of pyridine rings is 1. The summed E-state index contributed by atoms with van der Waals surface area (Å²) in [6.45, 7) is 2.02. The first-order valence-electron chi connectivity index (χ1n) is 12.0. The van der Waals surface area contributed by atoms with Gasteiger partial charge in [0.2, 0.25) is 5.43 Å². The first-order chi connectivity index (χ1) is 18.5. The van der Waals surface area contributed by atoms with Crippen molar-refractivity contribution >= 4 is 17.2 Å². The number of nitrogens with two attached hydrogens (primary N) is 1. The van der Waals surface area contributed by atoms with Crippen LogP contribution in [0.4, 0.5) is 17.2 Å². The van der Waals surface area contributed by atoms with Crippen LogP contribution in [-0.4, -0.2) is 29.2 Å². The van der Waals surface area contributed by atoms with Gasteiger partial charge in [0.1, 0.15) is 17.2 Å². The lowest BCUT2D eigenvalue weighted by atomic mass is 10.1. The van der Waals surface area contributed by atoms with Crippen molar-refractivity contribution in [3.63, 3.8) is 0 Å². The predicted octanol–water partition coefficient (Wildman–Crippen LogP) is 5.82. The summed E-state index contributed by atoms with van der Waals surface area (Å²) in [7, 11) is 3.18. The molecule has 8 nitrogen and oxygen atoms in total. The highest BCUT2D eigenvalue weighted by Crippen LogP contribution is 2.33. The minimum Gasteiger partial charge on any atom is -0.493 e. The number of aryl methyl sites for hydroxylation is 1. The number of benzene rings is 3. The van der Waals surface area contributed by atoms with Gasteiger partial charge >= 0.3 is 0 Å². The number of nitrogen functional groups attached to an aromatic ring is 1. The zero-order valence-corrected chi connectivity index (χ0v) is 21.3. The number of hydrogen-bond acceptors (Lipinski definition) is 7. The van der Waals surface area contributed by atoms with Crippen LogP contribution in [0.2, 0.25) is 0 Å². The van der Waals surface area contributed by atoms with Crippen LogP contribution in [0, 0.1) is 6.92 Å². The fourth-order valence-electron chi connectivity index (χ4n) is 4.14. The molecule has 0 spiro atoms. The molecular weight excluding hydrogens is 478 g/mol. The SMILES string of the molecule is COc1ccc(-c2cnc(N)c(-c3ccc(Nc4c[nH]cc(-c5ccc(C)cc5)c4=O)cc3)n2)cc1OC. The van der Waals surface area contributed by atoms with Crippen LogP contribution in [0.1, 0.15) is 5.56 Å². The summed E-state index contributed by atoms with van der Waals surface area (Å²) in [5.74, 6) is 1.55. The van der Waals surface area contributed by atoms with Gasteiger partial charge in [-0.25, -0.2) is 9.97 Å². The number of aromatic nitrogens is 3. The average Bonchev–Trinajstić information content (AvgIpc) is 2.95. The van der Waals surface area contributed by atoms with Gasteiger partial charge in [0.25, 0.3) is 0 Å². The molecule has 0 saturated heterocycles. The van der Waals surface area contributed by atoms with Crippen molar-refractivity contribution in [1.82, 2.24) is 15.0 Å². The fraction of sp³-hybridized carbons (Fsp3) is 0.100. The molecule has 0 amide bonds. The molecule has 0 radical (unpaired) electrons. The lowest BCUT2D eigenvalue weighted by molar-refractivity contribution is 0.355. The number of nitrogens with one attached hydrogen (secondary N) is 2.